The number of nitrogens with zero attached hydrogens (tertiary/aromatic N) is 2. The highest BCUT2D eigenvalue weighted by atomic mass is 19.4. The Bertz CT molecular complexity index is 931. The van der Waals surface area contributed by atoms with Gasteiger partial charge in [-0.2, -0.15) is 13.2 Å². The molecule has 2 aromatic rings. The maximum Gasteiger partial charge on any atom is 0.433 e. The number of nitrogens with one attached hydrogen (secondary N) is 2. The van der Waals surface area contributed by atoms with E-state index in [0.717, 1.165) is 6.07 Å². The maximum atomic E-state index is 12.9. The number of halogens is 3. The van der Waals surface area contributed by atoms with Gasteiger partial charge in [-0.15, -0.1) is 0 Å². The molecule has 148 valence electrons. The number of carbonyl (C=O) groups is 2. The van der Waals surface area contributed by atoms with E-state index in [9.17, 15) is 22.8 Å². The number of anilines is 1. The van der Waals surface area contributed by atoms with Crippen LogP contribution >= 0.6 is 0 Å². The van der Waals surface area contributed by atoms with Crippen LogP contribution in [0.25, 0.3) is 0 Å². The second-order valence-corrected chi connectivity index (χ2v) is 6.28. The molecule has 0 aliphatic carbocycles. The average Bonchev–Trinajstić information content (AvgIpc) is 2.64. The first-order valence-corrected chi connectivity index (χ1v) is 8.34. The molecule has 1 aliphatic heterocycles. The monoisotopic (exact) mass is 394 g/mol. The zero-order valence-electron chi connectivity index (χ0n) is 15.1. The molecule has 10 heteroatoms. The van der Waals surface area contributed by atoms with Crippen LogP contribution in [0, 0.1) is 6.92 Å². The summed E-state index contributed by atoms with van der Waals surface area (Å²) in [5.41, 5.74) is 0.121. The topological polar surface area (TPSA) is 93.2 Å². The van der Waals surface area contributed by atoms with Crippen molar-refractivity contribution in [3.63, 3.8) is 0 Å². The summed E-state index contributed by atoms with van der Waals surface area (Å²) >= 11 is 0. The first-order chi connectivity index (χ1) is 13.2. The lowest BCUT2D eigenvalue weighted by molar-refractivity contribution is -0.141. The van der Waals surface area contributed by atoms with Crippen molar-refractivity contribution in [2.24, 2.45) is 0 Å². The van der Waals surface area contributed by atoms with E-state index in [2.05, 4.69) is 20.6 Å². The minimum absolute atomic E-state index is 0.0888. The summed E-state index contributed by atoms with van der Waals surface area (Å²) < 4.78 is 43.8. The lowest BCUT2D eigenvalue weighted by Gasteiger charge is -2.25. The van der Waals surface area contributed by atoms with E-state index >= 15 is 0 Å². The third-order valence-electron chi connectivity index (χ3n) is 4.23. The first kappa shape index (κ1) is 19.6. The molecule has 0 saturated heterocycles. The van der Waals surface area contributed by atoms with E-state index in [1.807, 2.05) is 0 Å². The molecule has 0 radical (unpaired) electrons. The number of fused-ring (bicyclic) bond motifs is 1. The quantitative estimate of drug-likeness (QED) is 0.831. The van der Waals surface area contributed by atoms with Crippen LogP contribution in [0.2, 0.25) is 0 Å². The summed E-state index contributed by atoms with van der Waals surface area (Å²) in [7, 11) is 1.48. The highest BCUT2D eigenvalue weighted by molar-refractivity contribution is 6.01. The van der Waals surface area contributed by atoms with Crippen LogP contribution in [0.5, 0.6) is 5.75 Å². The van der Waals surface area contributed by atoms with Crippen LogP contribution in [0.3, 0.4) is 0 Å². The molecule has 0 fully saturated rings. The van der Waals surface area contributed by atoms with Crippen LogP contribution in [0.4, 0.5) is 18.9 Å². The van der Waals surface area contributed by atoms with Gasteiger partial charge in [0.1, 0.15) is 17.3 Å². The second-order valence-electron chi connectivity index (χ2n) is 6.28. The maximum absolute atomic E-state index is 12.9. The van der Waals surface area contributed by atoms with Gasteiger partial charge in [-0.3, -0.25) is 9.59 Å². The van der Waals surface area contributed by atoms with E-state index in [1.54, 1.807) is 18.2 Å². The van der Waals surface area contributed by atoms with Crippen LogP contribution in [0.1, 0.15) is 35.1 Å². The second kappa shape index (κ2) is 7.45. The van der Waals surface area contributed by atoms with Gasteiger partial charge < -0.3 is 15.4 Å². The molecule has 1 aromatic heterocycles. The van der Waals surface area contributed by atoms with Crippen molar-refractivity contribution in [1.29, 1.82) is 0 Å². The fraction of sp³-hybridized carbons (Fsp3) is 0.333. The number of methoxy groups -OCH3 is 1. The normalized spacial score (nSPS) is 16.2. The highest BCUT2D eigenvalue weighted by Gasteiger charge is 2.34. The molecule has 1 aromatic carbocycles. The predicted molar refractivity (Wildman–Crippen MR) is 92.6 cm³/mol. The van der Waals surface area contributed by atoms with Crippen LogP contribution in [-0.4, -0.2) is 28.9 Å². The number of benzene rings is 1. The molecule has 1 aliphatic rings. The fourth-order valence-electron chi connectivity index (χ4n) is 2.94. The van der Waals surface area contributed by atoms with E-state index in [-0.39, 0.29) is 30.4 Å². The number of aryl methyl sites for hydroxylation is 1. The van der Waals surface area contributed by atoms with Crippen molar-refractivity contribution >= 4 is 17.5 Å². The van der Waals surface area contributed by atoms with E-state index in [0.29, 0.717) is 17.0 Å². The van der Waals surface area contributed by atoms with Gasteiger partial charge in [0.15, 0.2) is 0 Å². The number of rotatable bonds is 4. The van der Waals surface area contributed by atoms with Gasteiger partial charge in [0.25, 0.3) is 0 Å². The van der Waals surface area contributed by atoms with Crippen LogP contribution < -0.4 is 15.4 Å². The van der Waals surface area contributed by atoms with Gasteiger partial charge in [0.2, 0.25) is 11.8 Å². The molecule has 2 heterocycles. The van der Waals surface area contributed by atoms with Gasteiger partial charge in [-0.25, -0.2) is 9.97 Å². The summed E-state index contributed by atoms with van der Waals surface area (Å²) in [6.45, 7) is 1.12. The standard InChI is InChI=1S/C18H17F3N4O3/c1-9-5-14(18(19,20)21)25-15(23-9)8-22-17(27)12-7-16(26)24-13-4-3-10(28-2)6-11(12)13/h3-6,12H,7-8H2,1-2H3,(H,22,27)(H,24,26)/t12-/m1/s1. The zero-order chi connectivity index (χ0) is 20.5. The third-order valence-corrected chi connectivity index (χ3v) is 4.23. The Labute approximate surface area is 158 Å². The summed E-state index contributed by atoms with van der Waals surface area (Å²) in [4.78, 5) is 31.9. The van der Waals surface area contributed by atoms with Gasteiger partial charge in [-0.1, -0.05) is 0 Å². The average molecular weight is 394 g/mol. The van der Waals surface area contributed by atoms with Gasteiger partial charge in [0.05, 0.1) is 19.6 Å². The largest absolute Gasteiger partial charge is 0.497 e. The molecule has 0 bridgehead atoms. The summed E-state index contributed by atoms with van der Waals surface area (Å²) in [5.74, 6) is -1.28. The number of alkyl halides is 3. The van der Waals surface area contributed by atoms with E-state index < -0.39 is 23.7 Å². The molecular formula is C18H17F3N4O3. The number of ether oxygens (including phenoxy) is 1. The first-order valence-electron chi connectivity index (χ1n) is 8.34. The minimum Gasteiger partial charge on any atom is -0.497 e. The number of hydrogen-bond donors (Lipinski definition) is 2. The molecule has 3 rings (SSSR count). The van der Waals surface area contributed by atoms with Crippen molar-refractivity contribution < 1.29 is 27.5 Å². The molecule has 2 N–H and O–H groups in total. The predicted octanol–water partition coefficient (Wildman–Crippen LogP) is 2.55. The van der Waals surface area contributed by atoms with E-state index in [1.165, 1.54) is 14.0 Å². The van der Waals surface area contributed by atoms with E-state index in [4.69, 9.17) is 4.74 Å². The van der Waals surface area contributed by atoms with Crippen molar-refractivity contribution in [1.82, 2.24) is 15.3 Å². The summed E-state index contributed by atoms with van der Waals surface area (Å²) in [5, 5.41) is 5.20. The molecule has 0 saturated carbocycles. The fourth-order valence-corrected chi connectivity index (χ4v) is 2.94. The Morgan fingerprint density at radius 3 is 2.75 bits per heavy atom. The minimum atomic E-state index is -4.61. The molecule has 7 nitrogen and oxygen atoms in total. The van der Waals surface area contributed by atoms with Gasteiger partial charge in [-0.05, 0) is 36.8 Å². The number of carbonyl (C=O) groups excluding carboxylic acids is 2. The highest BCUT2D eigenvalue weighted by Crippen LogP contribution is 2.35. The van der Waals surface area contributed by atoms with Gasteiger partial charge in [0, 0.05) is 17.8 Å². The number of amides is 2. The number of aromatic nitrogens is 2. The Morgan fingerprint density at radius 2 is 2.07 bits per heavy atom. The van der Waals surface area contributed by atoms with Crippen LogP contribution in [-0.2, 0) is 22.3 Å². The van der Waals surface area contributed by atoms with Crippen LogP contribution in [0.15, 0.2) is 24.3 Å². The zero-order valence-corrected chi connectivity index (χ0v) is 15.1. The van der Waals surface area contributed by atoms with Crippen molar-refractivity contribution in [2.45, 2.75) is 32.0 Å². The molecular weight excluding hydrogens is 377 g/mol. The SMILES string of the molecule is COc1ccc2c(c1)[C@H](C(=O)NCc1nc(C)cc(C(F)(F)F)n1)CC(=O)N2. The lowest BCUT2D eigenvalue weighted by atomic mass is 9.89. The number of hydrogen-bond acceptors (Lipinski definition) is 5. The smallest absolute Gasteiger partial charge is 0.433 e. The summed E-state index contributed by atoms with van der Waals surface area (Å²) in [6.07, 6.45) is -4.70. The Morgan fingerprint density at radius 1 is 1.32 bits per heavy atom. The van der Waals surface area contributed by atoms with Crippen molar-refractivity contribution in [3.8, 4) is 5.75 Å². The Hall–Kier alpha value is -3.17. The molecule has 0 unspecified atom stereocenters. The van der Waals surface area contributed by atoms with Gasteiger partial charge >= 0.3 is 6.18 Å². The molecule has 28 heavy (non-hydrogen) atoms. The molecule has 2 amide bonds. The van der Waals surface area contributed by atoms with Crippen molar-refractivity contribution in [3.05, 3.63) is 47.0 Å². The Balaban J connectivity index is 1.79. The lowest BCUT2D eigenvalue weighted by Crippen LogP contribution is -2.35. The Kier molecular flexibility index (Phi) is 5.21. The molecule has 1 atom stereocenters. The summed E-state index contributed by atoms with van der Waals surface area (Å²) in [6, 6.07) is 5.76. The molecule has 0 spiro atoms. The van der Waals surface area contributed by atoms with Crippen molar-refractivity contribution in [2.75, 3.05) is 12.4 Å². The third kappa shape index (κ3) is 4.21.